The number of carbonyl (C=O) groups excluding carboxylic acids is 3. The molecule has 1 rings (SSSR count). The first-order valence-electron chi connectivity index (χ1n) is 15.6. The van der Waals surface area contributed by atoms with Crippen LogP contribution in [0.2, 0.25) is 0 Å². The molecule has 14 heteroatoms. The van der Waals surface area contributed by atoms with Crippen molar-refractivity contribution in [1.29, 1.82) is 0 Å². The summed E-state index contributed by atoms with van der Waals surface area (Å²) in [5.74, 6) is -1.29. The number of methoxy groups -OCH3 is 2. The monoisotopic (exact) mass is 654 g/mol. The van der Waals surface area contributed by atoms with Gasteiger partial charge in [0.15, 0.2) is 18.1 Å². The van der Waals surface area contributed by atoms with E-state index in [0.29, 0.717) is 37.6 Å². The van der Waals surface area contributed by atoms with Gasteiger partial charge in [-0.15, -0.1) is 10.1 Å². The predicted molar refractivity (Wildman–Crippen MR) is 171 cm³/mol. The summed E-state index contributed by atoms with van der Waals surface area (Å²) in [6.07, 6.45) is 0.868. The van der Waals surface area contributed by atoms with Crippen LogP contribution in [-0.2, 0) is 35.1 Å². The first-order chi connectivity index (χ1) is 21.5. The number of rotatable bonds is 23. The molecule has 0 aliphatic carbocycles. The first kappa shape index (κ1) is 40.4. The average molecular weight is 655 g/mol. The third-order valence-corrected chi connectivity index (χ3v) is 8.04. The molecule has 0 aliphatic heterocycles. The van der Waals surface area contributed by atoms with E-state index in [-0.39, 0.29) is 36.6 Å². The molecule has 4 unspecified atom stereocenters. The highest BCUT2D eigenvalue weighted by Gasteiger charge is 2.34. The van der Waals surface area contributed by atoms with Gasteiger partial charge in [-0.2, -0.15) is 0 Å². The maximum absolute atomic E-state index is 13.3. The number of nitrogens with two attached hydrogens (primary N) is 2. The fraction of sp³-hybridized carbons (Fsp3) is 0.719. The Balaban J connectivity index is 3.22. The second-order valence-corrected chi connectivity index (χ2v) is 12.9. The Morgan fingerprint density at radius 1 is 1.02 bits per heavy atom. The molecule has 0 aromatic heterocycles. The smallest absolute Gasteiger partial charge is 0.332 e. The van der Waals surface area contributed by atoms with Gasteiger partial charge in [0, 0.05) is 38.6 Å². The average Bonchev–Trinajstić information content (AvgIpc) is 2.98. The number of benzene rings is 1. The fourth-order valence-corrected chi connectivity index (χ4v) is 4.82. The SMILES string of the molecule is COCCCOc1cc(CC(CC(N)C(CC(C(=O)NCC(C)(C)C(N)=O)C(C)C)OC(=O)CO[N+](=O)[O-])C(C)C)ccc1OC. The molecule has 262 valence electrons. The Hall–Kier alpha value is -3.65. The third kappa shape index (κ3) is 14.2. The van der Waals surface area contributed by atoms with Crippen molar-refractivity contribution in [2.45, 2.75) is 79.4 Å². The van der Waals surface area contributed by atoms with E-state index < -0.39 is 47.0 Å². The van der Waals surface area contributed by atoms with Gasteiger partial charge >= 0.3 is 5.97 Å². The van der Waals surface area contributed by atoms with Gasteiger partial charge in [-0.05, 0) is 68.6 Å². The fourth-order valence-electron chi connectivity index (χ4n) is 4.82. The van der Waals surface area contributed by atoms with Gasteiger partial charge in [0.1, 0.15) is 6.10 Å². The molecule has 14 nitrogen and oxygen atoms in total. The topological polar surface area (TPSA) is 205 Å². The van der Waals surface area contributed by atoms with E-state index in [1.807, 2.05) is 32.0 Å². The van der Waals surface area contributed by atoms with E-state index >= 15 is 0 Å². The number of hydrogen-bond donors (Lipinski definition) is 3. The molecule has 1 aromatic carbocycles. The Kier molecular flexibility index (Phi) is 17.4. The molecule has 0 bridgehead atoms. The second kappa shape index (κ2) is 19.8. The van der Waals surface area contributed by atoms with Crippen molar-refractivity contribution in [3.63, 3.8) is 0 Å². The number of hydrogen-bond acceptors (Lipinski definition) is 11. The normalized spacial score (nSPS) is 14.2. The van der Waals surface area contributed by atoms with Crippen molar-refractivity contribution < 1.29 is 43.3 Å². The van der Waals surface area contributed by atoms with Crippen LogP contribution in [0, 0.1) is 39.2 Å². The highest BCUT2D eigenvalue weighted by atomic mass is 17.0. The molecule has 0 aliphatic rings. The second-order valence-electron chi connectivity index (χ2n) is 12.9. The molecule has 1 aromatic rings. The molecule has 4 atom stereocenters. The molecule has 2 amide bonds. The molecule has 0 saturated heterocycles. The van der Waals surface area contributed by atoms with Crippen LogP contribution in [0.15, 0.2) is 18.2 Å². The minimum atomic E-state index is -1.08. The van der Waals surface area contributed by atoms with Gasteiger partial charge < -0.3 is 40.6 Å². The quantitative estimate of drug-likeness (QED) is 0.0677. The molecule has 5 N–H and O–H groups in total. The van der Waals surface area contributed by atoms with E-state index in [0.717, 1.165) is 12.0 Å². The molecule has 0 saturated carbocycles. The maximum atomic E-state index is 13.3. The molecule has 46 heavy (non-hydrogen) atoms. The lowest BCUT2D eigenvalue weighted by Crippen LogP contribution is -2.47. The number of ether oxygens (including phenoxy) is 4. The molecule has 0 fully saturated rings. The summed E-state index contributed by atoms with van der Waals surface area (Å²) < 4.78 is 22.1. The van der Waals surface area contributed by atoms with Gasteiger partial charge in [-0.25, -0.2) is 4.79 Å². The van der Waals surface area contributed by atoms with Gasteiger partial charge in [0.2, 0.25) is 11.8 Å². The van der Waals surface area contributed by atoms with Crippen LogP contribution in [0.4, 0.5) is 0 Å². The Morgan fingerprint density at radius 2 is 1.70 bits per heavy atom. The van der Waals surface area contributed by atoms with Crippen LogP contribution >= 0.6 is 0 Å². The highest BCUT2D eigenvalue weighted by Crippen LogP contribution is 2.32. The number of primary amides is 1. The van der Waals surface area contributed by atoms with Crippen LogP contribution in [0.25, 0.3) is 0 Å². The summed E-state index contributed by atoms with van der Waals surface area (Å²) in [6, 6.07) is 5.03. The lowest BCUT2D eigenvalue weighted by molar-refractivity contribution is -0.754. The summed E-state index contributed by atoms with van der Waals surface area (Å²) in [4.78, 5) is 52.5. The number of carbonyl (C=O) groups is 3. The lowest BCUT2D eigenvalue weighted by atomic mass is 9.80. The molecule has 0 spiro atoms. The minimum Gasteiger partial charge on any atom is -0.493 e. The Labute approximate surface area is 272 Å². The summed E-state index contributed by atoms with van der Waals surface area (Å²) in [7, 11) is 3.21. The Morgan fingerprint density at radius 3 is 2.24 bits per heavy atom. The summed E-state index contributed by atoms with van der Waals surface area (Å²) in [6.45, 7) is 11.2. The van der Waals surface area contributed by atoms with Gasteiger partial charge in [0.05, 0.1) is 19.1 Å². The molecular formula is C32H54N4O10. The van der Waals surface area contributed by atoms with Crippen LogP contribution in [-0.4, -0.2) is 75.6 Å². The van der Waals surface area contributed by atoms with Crippen molar-refractivity contribution in [2.24, 2.45) is 40.6 Å². The van der Waals surface area contributed by atoms with Crippen LogP contribution in [0.1, 0.15) is 66.4 Å². The predicted octanol–water partition coefficient (Wildman–Crippen LogP) is 3.05. The zero-order chi connectivity index (χ0) is 35.0. The van der Waals surface area contributed by atoms with E-state index in [4.69, 9.17) is 30.4 Å². The standard InChI is InChI=1S/C32H54N4O10/c1-20(2)23(14-22-10-11-26(43-8)28(15-22)44-13-9-12-42-7)16-25(33)27(46-29(37)18-45-36(40)41)17-24(21(3)4)30(38)35-19-32(5,6)31(34)39/h10-11,15,20-21,23-25,27H,9,12-14,16-19,33H2,1-8H3,(H2,34,39)(H,35,38). The van der Waals surface area contributed by atoms with E-state index in [1.54, 1.807) is 28.1 Å². The maximum Gasteiger partial charge on any atom is 0.332 e. The minimum absolute atomic E-state index is 0.0208. The molecule has 0 radical (unpaired) electrons. The number of nitrogens with one attached hydrogen (secondary N) is 1. The van der Waals surface area contributed by atoms with E-state index in [1.165, 1.54) is 0 Å². The van der Waals surface area contributed by atoms with Gasteiger partial charge in [-0.1, -0.05) is 33.8 Å². The van der Waals surface area contributed by atoms with Gasteiger partial charge in [0.25, 0.3) is 5.09 Å². The third-order valence-electron chi connectivity index (χ3n) is 8.04. The first-order valence-corrected chi connectivity index (χ1v) is 15.6. The number of nitrogens with zero attached hydrogens (tertiary/aromatic N) is 1. The van der Waals surface area contributed by atoms with Crippen molar-refractivity contribution in [3.8, 4) is 11.5 Å². The van der Waals surface area contributed by atoms with Crippen molar-refractivity contribution >= 4 is 17.8 Å². The summed E-state index contributed by atoms with van der Waals surface area (Å²) in [5.41, 5.74) is 12.2. The molecular weight excluding hydrogens is 600 g/mol. The van der Waals surface area contributed by atoms with Crippen LogP contribution < -0.4 is 26.3 Å². The number of esters is 1. The van der Waals surface area contributed by atoms with Crippen molar-refractivity contribution in [2.75, 3.05) is 40.6 Å². The van der Waals surface area contributed by atoms with E-state index in [9.17, 15) is 24.5 Å². The largest absolute Gasteiger partial charge is 0.493 e. The highest BCUT2D eigenvalue weighted by molar-refractivity contribution is 5.83. The summed E-state index contributed by atoms with van der Waals surface area (Å²) >= 11 is 0. The Bertz CT molecular complexity index is 1130. The molecule has 0 heterocycles. The zero-order valence-electron chi connectivity index (χ0n) is 28.5. The van der Waals surface area contributed by atoms with Crippen molar-refractivity contribution in [3.05, 3.63) is 33.9 Å². The van der Waals surface area contributed by atoms with Gasteiger partial charge in [-0.3, -0.25) is 9.59 Å². The lowest BCUT2D eigenvalue weighted by Gasteiger charge is -2.32. The van der Waals surface area contributed by atoms with Crippen molar-refractivity contribution in [1.82, 2.24) is 5.32 Å². The number of amides is 2. The summed E-state index contributed by atoms with van der Waals surface area (Å²) in [5, 5.41) is 12.4. The van der Waals surface area contributed by atoms with E-state index in [2.05, 4.69) is 24.0 Å². The van der Waals surface area contributed by atoms with Crippen LogP contribution in [0.3, 0.4) is 0 Å². The zero-order valence-corrected chi connectivity index (χ0v) is 28.5. The van der Waals surface area contributed by atoms with Crippen LogP contribution in [0.5, 0.6) is 11.5 Å².